The molecule has 226 valence electrons. The van der Waals surface area contributed by atoms with E-state index in [2.05, 4.69) is 20.1 Å². The number of nitrogens with one attached hydrogen (secondary N) is 1. The Balaban J connectivity index is 2.06. The van der Waals surface area contributed by atoms with E-state index < -0.39 is 61.7 Å². The summed E-state index contributed by atoms with van der Waals surface area (Å²) >= 11 is 0. The summed E-state index contributed by atoms with van der Waals surface area (Å²) < 4.78 is 132. The van der Waals surface area contributed by atoms with E-state index in [1.165, 1.54) is 36.4 Å². The molecule has 0 aliphatic carbocycles. The van der Waals surface area contributed by atoms with E-state index in [4.69, 9.17) is 9.47 Å². The molecule has 0 aromatic carbocycles. The average molecular weight is 603 g/mol. The molecular weight excluding hydrogens is 581 g/mol. The number of imidazole rings is 1. The second-order valence-electron chi connectivity index (χ2n) is 8.38. The van der Waals surface area contributed by atoms with Crippen molar-refractivity contribution < 1.29 is 53.8 Å². The monoisotopic (exact) mass is 603 g/mol. The van der Waals surface area contributed by atoms with Crippen molar-refractivity contribution in [2.75, 3.05) is 20.8 Å². The molecule has 0 radical (unpaired) electrons. The highest BCUT2D eigenvalue weighted by Gasteiger charge is 2.49. The zero-order valence-electron chi connectivity index (χ0n) is 21.4. The van der Waals surface area contributed by atoms with Crippen LogP contribution in [0.4, 0.5) is 44.3 Å². The van der Waals surface area contributed by atoms with Crippen LogP contribution in [0.5, 0.6) is 11.6 Å². The first-order valence-electron chi connectivity index (χ1n) is 11.6. The van der Waals surface area contributed by atoms with Crippen LogP contribution in [-0.4, -0.2) is 80.8 Å². The van der Waals surface area contributed by atoms with Crippen molar-refractivity contribution in [3.05, 3.63) is 30.4 Å². The number of halogens is 9. The Kier molecular flexibility index (Phi) is 9.07. The molecule has 0 aliphatic rings. The minimum atomic E-state index is -5.37. The lowest BCUT2D eigenvalue weighted by Gasteiger charge is -2.34. The number of carbonyl (C=O) groups is 1. The molecule has 0 aliphatic heterocycles. The number of aromatic nitrogens is 5. The Morgan fingerprint density at radius 3 is 2.27 bits per heavy atom. The predicted octanol–water partition coefficient (Wildman–Crippen LogP) is 5.11. The summed E-state index contributed by atoms with van der Waals surface area (Å²) in [4.78, 5) is 24.5. The SMILES string of the molecule is CCN(C(=O)NC(CCC(F)(F)F)C(F)(F)F)[C@@H](c1cc(-c2nc(OC)c3nccn3n2)c(OC)cn1)C(F)(F)F. The van der Waals surface area contributed by atoms with Crippen molar-refractivity contribution in [2.45, 2.75) is 50.4 Å². The van der Waals surface area contributed by atoms with E-state index in [1.807, 2.05) is 0 Å². The lowest BCUT2D eigenvalue weighted by molar-refractivity contribution is -0.182. The largest absolute Gasteiger partial charge is 0.494 e. The Morgan fingerprint density at radius 2 is 1.73 bits per heavy atom. The fourth-order valence-electron chi connectivity index (χ4n) is 3.80. The first kappa shape index (κ1) is 31.5. The smallest absolute Gasteiger partial charge is 0.414 e. The number of rotatable bonds is 9. The number of methoxy groups -OCH3 is 2. The topological polar surface area (TPSA) is 107 Å². The molecular formula is C22H22F9N7O3. The maximum absolute atomic E-state index is 14.4. The number of carbonyl (C=O) groups excluding carboxylic acids is 1. The molecule has 19 heteroatoms. The van der Waals surface area contributed by atoms with Gasteiger partial charge in [-0.15, -0.1) is 5.10 Å². The summed E-state index contributed by atoms with van der Waals surface area (Å²) in [6.45, 7) is 0.246. The van der Waals surface area contributed by atoms with Gasteiger partial charge in [-0.1, -0.05) is 0 Å². The van der Waals surface area contributed by atoms with Gasteiger partial charge in [-0.3, -0.25) is 4.98 Å². The number of hydrogen-bond acceptors (Lipinski definition) is 7. The van der Waals surface area contributed by atoms with Gasteiger partial charge >= 0.3 is 24.6 Å². The molecule has 1 unspecified atom stereocenters. The van der Waals surface area contributed by atoms with Gasteiger partial charge in [-0.2, -0.15) is 44.5 Å². The first-order chi connectivity index (χ1) is 19.0. The molecule has 0 saturated carbocycles. The molecule has 41 heavy (non-hydrogen) atoms. The fourth-order valence-corrected chi connectivity index (χ4v) is 3.80. The molecule has 3 aromatic rings. The van der Waals surface area contributed by atoms with E-state index in [1.54, 1.807) is 0 Å². The van der Waals surface area contributed by atoms with E-state index in [0.717, 1.165) is 19.2 Å². The van der Waals surface area contributed by atoms with Crippen LogP contribution < -0.4 is 14.8 Å². The summed E-state index contributed by atoms with van der Waals surface area (Å²) in [5.41, 5.74) is -0.843. The summed E-state index contributed by atoms with van der Waals surface area (Å²) in [5.74, 6) is -0.377. The maximum Gasteiger partial charge on any atom is 0.414 e. The zero-order chi connectivity index (χ0) is 30.8. The van der Waals surface area contributed by atoms with Crippen molar-refractivity contribution in [3.8, 4) is 23.0 Å². The van der Waals surface area contributed by atoms with Gasteiger partial charge < -0.3 is 19.7 Å². The summed E-state index contributed by atoms with van der Waals surface area (Å²) in [6, 6.07) is -7.07. The van der Waals surface area contributed by atoms with E-state index in [9.17, 15) is 44.3 Å². The third-order valence-electron chi connectivity index (χ3n) is 5.68. The number of nitrogens with zero attached hydrogens (tertiary/aromatic N) is 6. The normalized spacial score (nSPS) is 14.0. The zero-order valence-corrected chi connectivity index (χ0v) is 21.4. The van der Waals surface area contributed by atoms with Crippen LogP contribution in [0.3, 0.4) is 0 Å². The number of fused-ring (bicyclic) bond motifs is 1. The molecule has 0 spiro atoms. The first-order valence-corrected chi connectivity index (χ1v) is 11.6. The quantitative estimate of drug-likeness (QED) is 0.339. The van der Waals surface area contributed by atoms with Gasteiger partial charge in [-0.05, 0) is 19.4 Å². The lowest BCUT2D eigenvalue weighted by atomic mass is 10.1. The van der Waals surface area contributed by atoms with E-state index in [0.29, 0.717) is 0 Å². The summed E-state index contributed by atoms with van der Waals surface area (Å²) in [6.07, 6.45) is -15.6. The van der Waals surface area contributed by atoms with Crippen LogP contribution in [0.1, 0.15) is 31.5 Å². The van der Waals surface area contributed by atoms with Crippen molar-refractivity contribution >= 4 is 11.7 Å². The number of hydrogen-bond donors (Lipinski definition) is 1. The van der Waals surface area contributed by atoms with E-state index >= 15 is 0 Å². The minimum Gasteiger partial charge on any atom is -0.494 e. The maximum atomic E-state index is 14.4. The van der Waals surface area contributed by atoms with Gasteiger partial charge in [0.15, 0.2) is 11.9 Å². The van der Waals surface area contributed by atoms with Gasteiger partial charge in [0.1, 0.15) is 11.8 Å². The number of alkyl halides is 9. The third-order valence-corrected chi connectivity index (χ3v) is 5.68. The van der Waals surface area contributed by atoms with E-state index in [-0.39, 0.29) is 33.6 Å². The number of ether oxygens (including phenoxy) is 2. The number of urea groups is 1. The highest BCUT2D eigenvalue weighted by Crippen LogP contribution is 2.40. The average Bonchev–Trinajstić information content (AvgIpc) is 3.35. The standard InChI is InChI=1S/C22H22F9N7O3/c1-4-37(19(39)34-14(21(26,27)28)5-6-20(23,24)25)15(22(29,30)31)12-9-11(13(40-2)10-33-12)16-35-18(41-3)17-32-7-8-38(17)36-16/h7-10,14-15H,4-6H2,1-3H3,(H,34,39)/t14?,15-/m0/s1. The molecule has 10 nitrogen and oxygen atoms in total. The van der Waals surface area contributed by atoms with Crippen molar-refractivity contribution in [3.63, 3.8) is 0 Å². The molecule has 2 atom stereocenters. The molecule has 3 aromatic heterocycles. The highest BCUT2D eigenvalue weighted by molar-refractivity contribution is 5.75. The molecule has 1 N–H and O–H groups in total. The molecule has 0 saturated heterocycles. The second kappa shape index (κ2) is 11.8. The van der Waals surface area contributed by atoms with Crippen LogP contribution in [0.25, 0.3) is 17.0 Å². The Morgan fingerprint density at radius 1 is 1.05 bits per heavy atom. The van der Waals surface area contributed by atoms with Gasteiger partial charge in [0.05, 0.1) is 31.7 Å². The van der Waals surface area contributed by atoms with Crippen molar-refractivity contribution in [2.24, 2.45) is 0 Å². The molecule has 3 rings (SSSR count). The third kappa shape index (κ3) is 7.37. The minimum absolute atomic E-state index is 0.0224. The van der Waals surface area contributed by atoms with Crippen molar-refractivity contribution in [1.29, 1.82) is 0 Å². The number of amides is 2. The van der Waals surface area contributed by atoms with Crippen LogP contribution >= 0.6 is 0 Å². The van der Waals surface area contributed by atoms with Gasteiger partial charge in [0.25, 0.3) is 5.88 Å². The van der Waals surface area contributed by atoms with Crippen LogP contribution in [0.15, 0.2) is 24.7 Å². The van der Waals surface area contributed by atoms with Gasteiger partial charge in [-0.25, -0.2) is 14.3 Å². The highest BCUT2D eigenvalue weighted by atomic mass is 19.4. The lowest BCUT2D eigenvalue weighted by Crippen LogP contribution is -2.53. The predicted molar refractivity (Wildman–Crippen MR) is 122 cm³/mol. The Labute approximate surface area is 225 Å². The van der Waals surface area contributed by atoms with Crippen molar-refractivity contribution in [1.82, 2.24) is 34.8 Å². The molecule has 3 heterocycles. The summed E-state index contributed by atoms with van der Waals surface area (Å²) in [7, 11) is 2.44. The van der Waals surface area contributed by atoms with Gasteiger partial charge in [0.2, 0.25) is 5.65 Å². The Hall–Kier alpha value is -4.06. The number of pyridine rings is 1. The fraction of sp³-hybridized carbons (Fsp3) is 0.500. The van der Waals surface area contributed by atoms with Crippen LogP contribution in [-0.2, 0) is 0 Å². The van der Waals surface area contributed by atoms with Crippen LogP contribution in [0, 0.1) is 0 Å². The second-order valence-corrected chi connectivity index (χ2v) is 8.38. The molecule has 0 fully saturated rings. The summed E-state index contributed by atoms with van der Waals surface area (Å²) in [5, 5.41) is 5.42. The van der Waals surface area contributed by atoms with Crippen LogP contribution in [0.2, 0.25) is 0 Å². The van der Waals surface area contributed by atoms with Gasteiger partial charge in [0, 0.05) is 25.4 Å². The Bertz CT molecular complexity index is 1360. The molecule has 2 amide bonds. The molecule has 0 bridgehead atoms.